The predicted octanol–water partition coefficient (Wildman–Crippen LogP) is 6.64. The minimum atomic E-state index is 0. The second-order valence-electron chi connectivity index (χ2n) is 9.53. The number of rotatable bonds is 6. The van der Waals surface area contributed by atoms with Crippen LogP contribution >= 0.6 is 0 Å². The smallest absolute Gasteiger partial charge is 0.779 e. The molecular weight excluding hydrogens is 689 g/mol. The van der Waals surface area contributed by atoms with Crippen LogP contribution in [0, 0.1) is 0 Å². The molecule has 0 saturated carbocycles. The summed E-state index contributed by atoms with van der Waals surface area (Å²) >= 11 is 15.7. The zero-order valence-corrected chi connectivity index (χ0v) is 29.4. The molecule has 39 heavy (non-hydrogen) atoms. The van der Waals surface area contributed by atoms with Crippen LogP contribution < -0.4 is 0 Å². The van der Waals surface area contributed by atoms with E-state index in [1.54, 1.807) is 0 Å². The van der Waals surface area contributed by atoms with Gasteiger partial charge in [-0.3, -0.25) is 0 Å². The Hall–Kier alpha value is -0.242. The third-order valence-corrected chi connectivity index (χ3v) is 7.55. The molecule has 228 valence electrons. The normalized spacial score (nSPS) is 12.3. The van der Waals surface area contributed by atoms with E-state index in [4.69, 9.17) is 37.9 Å². The Morgan fingerprint density at radius 2 is 0.590 bits per heavy atom. The molecule has 0 aliphatic heterocycles. The number of benzene rings is 3. The molecule has 0 saturated heterocycles. The van der Waals surface area contributed by atoms with Crippen molar-refractivity contribution in [3.05, 3.63) is 89.5 Å². The van der Waals surface area contributed by atoms with Gasteiger partial charge in [-0.2, -0.15) is 14.7 Å². The molecule has 9 heteroatoms. The predicted molar refractivity (Wildman–Crippen MR) is 163 cm³/mol. The summed E-state index contributed by atoms with van der Waals surface area (Å²) in [6.07, 6.45) is 0. The fourth-order valence-electron chi connectivity index (χ4n) is 3.31. The van der Waals surface area contributed by atoms with Gasteiger partial charge in [0.05, 0.1) is 0 Å². The van der Waals surface area contributed by atoms with Crippen LogP contribution in [0.3, 0.4) is 0 Å². The molecule has 0 N–H and O–H groups in total. The van der Waals surface area contributed by atoms with Crippen LogP contribution in [0.15, 0.2) is 87.5 Å². The molecule has 0 aliphatic rings. The van der Waals surface area contributed by atoms with Gasteiger partial charge in [-0.05, 0) is 63.1 Å². The maximum absolute atomic E-state index is 5.22. The van der Waals surface area contributed by atoms with E-state index in [2.05, 4.69) is 96.0 Å². The summed E-state index contributed by atoms with van der Waals surface area (Å²) < 4.78 is 0. The van der Waals surface area contributed by atoms with E-state index in [0.29, 0.717) is 18.1 Å². The van der Waals surface area contributed by atoms with Crippen molar-refractivity contribution in [2.75, 3.05) is 42.3 Å². The second-order valence-corrected chi connectivity index (χ2v) is 10.9. The van der Waals surface area contributed by atoms with E-state index < -0.39 is 0 Å². The van der Waals surface area contributed by atoms with Gasteiger partial charge in [-0.15, -0.1) is 0 Å². The summed E-state index contributed by atoms with van der Waals surface area (Å²) in [5.41, 5.74) is 3.70. The van der Waals surface area contributed by atoms with Crippen LogP contribution in [-0.2, 0) is 89.1 Å². The molecule has 0 bridgehead atoms. The Balaban J connectivity index is -0.000000480. The van der Waals surface area contributed by atoms with Gasteiger partial charge in [-0.1, -0.05) is 89.5 Å². The molecule has 0 fully saturated rings. The standard InChI is InChI=1S/3C10H15NS.3Cu/c3*1-8(11(2)3)9-6-4-5-7-10(9)12;;;/h3*4-8,12H,1-3H3;;;/q;;;3*+1/p-3/t3*8-;;;/m000.../s1. The summed E-state index contributed by atoms with van der Waals surface area (Å²) in [6, 6.07) is 25.4. The van der Waals surface area contributed by atoms with Gasteiger partial charge in [0.2, 0.25) is 0 Å². The van der Waals surface area contributed by atoms with Crippen molar-refractivity contribution in [1.82, 2.24) is 14.7 Å². The largest absolute Gasteiger partial charge is 1.00 e. The van der Waals surface area contributed by atoms with Crippen LogP contribution in [-0.4, -0.2) is 57.0 Å². The van der Waals surface area contributed by atoms with Crippen molar-refractivity contribution in [1.29, 1.82) is 0 Å². The fraction of sp³-hybridized carbons (Fsp3) is 0.400. The molecule has 0 heterocycles. The van der Waals surface area contributed by atoms with Crippen molar-refractivity contribution in [2.24, 2.45) is 0 Å². The van der Waals surface area contributed by atoms with E-state index in [-0.39, 0.29) is 51.2 Å². The van der Waals surface area contributed by atoms with Gasteiger partial charge in [0, 0.05) is 18.1 Å². The van der Waals surface area contributed by atoms with E-state index >= 15 is 0 Å². The first-order valence-electron chi connectivity index (χ1n) is 12.2. The van der Waals surface area contributed by atoms with Crippen molar-refractivity contribution >= 4 is 37.9 Å². The minimum absolute atomic E-state index is 0. The maximum Gasteiger partial charge on any atom is 1.00 e. The van der Waals surface area contributed by atoms with Crippen LogP contribution in [0.1, 0.15) is 55.6 Å². The van der Waals surface area contributed by atoms with E-state index in [0.717, 1.165) is 14.7 Å². The van der Waals surface area contributed by atoms with Crippen LogP contribution in [0.4, 0.5) is 0 Å². The van der Waals surface area contributed by atoms with Crippen LogP contribution in [0.2, 0.25) is 0 Å². The van der Waals surface area contributed by atoms with Crippen LogP contribution in [0.25, 0.3) is 0 Å². The number of nitrogens with zero attached hydrogens (tertiary/aromatic N) is 3. The van der Waals surface area contributed by atoms with Crippen LogP contribution in [0.5, 0.6) is 0 Å². The van der Waals surface area contributed by atoms with Gasteiger partial charge in [-0.25, -0.2) is 0 Å². The Kier molecular flexibility index (Phi) is 24.8. The van der Waals surface area contributed by atoms with Gasteiger partial charge in [0.15, 0.2) is 0 Å². The Labute approximate surface area is 286 Å². The monoisotopic (exact) mass is 729 g/mol. The first kappa shape index (κ1) is 43.2. The van der Waals surface area contributed by atoms with Gasteiger partial charge < -0.3 is 52.6 Å². The van der Waals surface area contributed by atoms with E-state index in [1.807, 2.05) is 54.6 Å². The topological polar surface area (TPSA) is 9.72 Å². The Morgan fingerprint density at radius 1 is 0.410 bits per heavy atom. The van der Waals surface area contributed by atoms with Crippen molar-refractivity contribution in [2.45, 2.75) is 53.6 Å². The molecule has 0 aliphatic carbocycles. The molecule has 3 rings (SSSR count). The molecule has 0 radical (unpaired) electrons. The minimum Gasteiger partial charge on any atom is -0.779 e. The molecule has 3 aromatic rings. The summed E-state index contributed by atoms with van der Waals surface area (Å²) in [5, 5.41) is 0. The third-order valence-electron chi connectivity index (χ3n) is 6.43. The molecule has 3 aromatic carbocycles. The molecule has 3 nitrogen and oxygen atoms in total. The second kappa shape index (κ2) is 22.4. The molecule has 0 spiro atoms. The molecule has 3 atom stereocenters. The third kappa shape index (κ3) is 15.0. The zero-order chi connectivity index (χ0) is 27.4. The SMILES string of the molecule is C[C@@H](c1ccccc1[S-])N(C)C.C[C@@H](c1ccccc1[S-])N(C)C.C[C@@H](c1ccccc1[S-])N(C)C.[Cu+].[Cu+].[Cu+]. The quantitative estimate of drug-likeness (QED) is 0.207. The molecule has 0 amide bonds. The van der Waals surface area contributed by atoms with E-state index in [9.17, 15) is 0 Å². The van der Waals surface area contributed by atoms with Gasteiger partial charge >= 0.3 is 51.2 Å². The number of hydrogen-bond donors (Lipinski definition) is 0. The summed E-state index contributed by atoms with van der Waals surface area (Å²) in [7, 11) is 12.4. The summed E-state index contributed by atoms with van der Waals surface area (Å²) in [4.78, 5) is 9.35. The summed E-state index contributed by atoms with van der Waals surface area (Å²) in [5.74, 6) is 0. The van der Waals surface area contributed by atoms with E-state index in [1.165, 1.54) is 16.7 Å². The number of hydrogen-bond acceptors (Lipinski definition) is 6. The Bertz CT molecular complexity index is 921. The van der Waals surface area contributed by atoms with Gasteiger partial charge in [0.1, 0.15) is 0 Å². The zero-order valence-electron chi connectivity index (χ0n) is 24.1. The molecule has 0 aromatic heterocycles. The summed E-state index contributed by atoms with van der Waals surface area (Å²) in [6.45, 7) is 6.47. The van der Waals surface area contributed by atoms with Gasteiger partial charge in [0.25, 0.3) is 0 Å². The molecular formula is C30H42Cu3N3S3. The van der Waals surface area contributed by atoms with Crippen molar-refractivity contribution in [3.8, 4) is 0 Å². The maximum atomic E-state index is 5.22. The first-order valence-corrected chi connectivity index (χ1v) is 13.4. The average molecular weight is 732 g/mol. The molecule has 0 unspecified atom stereocenters. The Morgan fingerprint density at radius 3 is 0.744 bits per heavy atom. The van der Waals surface area contributed by atoms with Crippen molar-refractivity contribution < 1.29 is 51.2 Å². The fourth-order valence-corrected chi connectivity index (χ4v) is 4.26. The first-order chi connectivity index (χ1) is 16.9. The van der Waals surface area contributed by atoms with Crippen molar-refractivity contribution in [3.63, 3.8) is 0 Å². The average Bonchev–Trinajstić information content (AvgIpc) is 2.84.